The predicted octanol–water partition coefficient (Wildman–Crippen LogP) is 0.188. The number of hydrogen-bond donors (Lipinski definition) is 4. The van der Waals surface area contributed by atoms with Crippen molar-refractivity contribution in [2.45, 2.75) is 26.3 Å². The number of quaternary nitrogens is 1. The van der Waals surface area contributed by atoms with Crippen LogP contribution in [-0.2, 0) is 14.3 Å². The van der Waals surface area contributed by atoms with Crippen LogP contribution in [0.2, 0.25) is 0 Å². The molecule has 28 heavy (non-hydrogen) atoms. The van der Waals surface area contributed by atoms with E-state index in [1.165, 1.54) is 18.2 Å². The summed E-state index contributed by atoms with van der Waals surface area (Å²) in [5, 5.41) is 7.99. The van der Waals surface area contributed by atoms with E-state index in [2.05, 4.69) is 16.0 Å². The van der Waals surface area contributed by atoms with Crippen LogP contribution in [0.25, 0.3) is 0 Å². The van der Waals surface area contributed by atoms with Gasteiger partial charge in [0.05, 0.1) is 31.0 Å². The van der Waals surface area contributed by atoms with Crippen LogP contribution in [0.3, 0.4) is 0 Å². The molecule has 1 aromatic carbocycles. The molecule has 4 N–H and O–H groups in total. The Morgan fingerprint density at radius 3 is 2.71 bits per heavy atom. The first-order chi connectivity index (χ1) is 13.3. The molecule has 8 nitrogen and oxygen atoms in total. The Balaban J connectivity index is 2.09. The van der Waals surface area contributed by atoms with E-state index in [4.69, 9.17) is 4.74 Å². The first-order valence-corrected chi connectivity index (χ1v) is 9.18. The second kappa shape index (κ2) is 9.84. The van der Waals surface area contributed by atoms with E-state index in [-0.39, 0.29) is 25.6 Å². The van der Waals surface area contributed by atoms with Gasteiger partial charge < -0.3 is 25.6 Å². The number of rotatable bonds is 8. The minimum atomic E-state index is -0.492. The van der Waals surface area contributed by atoms with Crippen molar-refractivity contribution in [2.75, 3.05) is 32.1 Å². The highest BCUT2D eigenvalue weighted by Gasteiger charge is 2.33. The van der Waals surface area contributed by atoms with Crippen molar-refractivity contribution in [1.82, 2.24) is 10.6 Å². The van der Waals surface area contributed by atoms with Crippen LogP contribution in [0.15, 0.2) is 35.5 Å². The highest BCUT2D eigenvalue weighted by atomic mass is 19.1. The van der Waals surface area contributed by atoms with Gasteiger partial charge >= 0.3 is 12.0 Å². The molecule has 1 aliphatic rings. The van der Waals surface area contributed by atoms with Gasteiger partial charge in [0.25, 0.3) is 5.91 Å². The molecule has 0 bridgehead atoms. The Bertz CT molecular complexity index is 781. The standard InChI is InChI=1S/C19H25FN4O4/c1-4-14-17(18(26)28-5-2)15(23-19(27)22-14)10-24(3)11-16(25)21-13-8-6-7-12(20)9-13/h6-9,14H,4-5,10-11H2,1-3H3,(H,21,25)(H2,22,23,27)/p+1/t14-/m1/s1. The van der Waals surface area contributed by atoms with Crippen LogP contribution >= 0.6 is 0 Å². The molecule has 0 spiro atoms. The number of hydrogen-bond acceptors (Lipinski definition) is 4. The number of nitrogens with one attached hydrogen (secondary N) is 4. The van der Waals surface area contributed by atoms with Crippen molar-refractivity contribution < 1.29 is 28.4 Å². The molecular formula is C19H26FN4O4+. The molecule has 3 amide bonds. The Hall–Kier alpha value is -2.94. The average molecular weight is 393 g/mol. The van der Waals surface area contributed by atoms with E-state index in [9.17, 15) is 18.8 Å². The van der Waals surface area contributed by atoms with Crippen molar-refractivity contribution in [2.24, 2.45) is 0 Å². The van der Waals surface area contributed by atoms with Crippen molar-refractivity contribution in [3.05, 3.63) is 41.4 Å². The fourth-order valence-electron chi connectivity index (χ4n) is 3.01. The van der Waals surface area contributed by atoms with E-state index in [1.54, 1.807) is 20.0 Å². The Morgan fingerprint density at radius 1 is 1.32 bits per heavy atom. The summed E-state index contributed by atoms with van der Waals surface area (Å²) in [5.74, 6) is -1.24. The fraction of sp³-hybridized carbons (Fsp3) is 0.421. The lowest BCUT2D eigenvalue weighted by atomic mass is 10.00. The van der Waals surface area contributed by atoms with Crippen molar-refractivity contribution in [3.8, 4) is 0 Å². The van der Waals surface area contributed by atoms with Crippen molar-refractivity contribution >= 4 is 23.6 Å². The minimum absolute atomic E-state index is 0.0657. The van der Waals surface area contributed by atoms with E-state index < -0.39 is 23.9 Å². The minimum Gasteiger partial charge on any atom is -0.463 e. The van der Waals surface area contributed by atoms with E-state index in [0.717, 1.165) is 4.90 Å². The van der Waals surface area contributed by atoms with Gasteiger partial charge in [-0.2, -0.15) is 0 Å². The van der Waals surface area contributed by atoms with Gasteiger partial charge in [-0.1, -0.05) is 13.0 Å². The Morgan fingerprint density at radius 2 is 2.07 bits per heavy atom. The molecule has 1 heterocycles. The molecule has 0 radical (unpaired) electrons. The lowest BCUT2D eigenvalue weighted by molar-refractivity contribution is -0.866. The number of anilines is 1. The molecule has 0 saturated heterocycles. The maximum atomic E-state index is 13.2. The van der Waals surface area contributed by atoms with Crippen LogP contribution in [0.4, 0.5) is 14.9 Å². The number of carbonyl (C=O) groups is 3. The molecule has 9 heteroatoms. The van der Waals surface area contributed by atoms with Crippen LogP contribution in [0.5, 0.6) is 0 Å². The van der Waals surface area contributed by atoms with Crippen molar-refractivity contribution in [1.29, 1.82) is 0 Å². The summed E-state index contributed by atoms with van der Waals surface area (Å²) in [6.07, 6.45) is 0.532. The second-order valence-electron chi connectivity index (χ2n) is 6.54. The SMILES string of the molecule is CCOC(=O)C1=C(C[NH+](C)CC(=O)Nc2cccc(F)c2)NC(=O)N[C@@H]1CC. The lowest BCUT2D eigenvalue weighted by Gasteiger charge is -2.29. The van der Waals surface area contributed by atoms with E-state index in [0.29, 0.717) is 23.4 Å². The third kappa shape index (κ3) is 5.78. The maximum absolute atomic E-state index is 13.2. The normalized spacial score (nSPS) is 17.4. The number of benzene rings is 1. The van der Waals surface area contributed by atoms with Gasteiger partial charge in [0.1, 0.15) is 12.4 Å². The molecule has 0 fully saturated rings. The quantitative estimate of drug-likeness (QED) is 0.474. The molecule has 152 valence electrons. The zero-order valence-electron chi connectivity index (χ0n) is 16.2. The molecule has 0 aliphatic carbocycles. The highest BCUT2D eigenvalue weighted by molar-refractivity contribution is 5.95. The van der Waals surface area contributed by atoms with Crippen LogP contribution in [0, 0.1) is 5.82 Å². The molecule has 0 saturated carbocycles. The van der Waals surface area contributed by atoms with Gasteiger partial charge in [0, 0.05) is 5.69 Å². The third-order valence-corrected chi connectivity index (χ3v) is 4.20. The highest BCUT2D eigenvalue weighted by Crippen LogP contribution is 2.16. The number of likely N-dealkylation sites (N-methyl/N-ethyl adjacent to an activating group) is 1. The van der Waals surface area contributed by atoms with Crippen LogP contribution in [0.1, 0.15) is 20.3 Å². The molecule has 1 aliphatic heterocycles. The van der Waals surface area contributed by atoms with Gasteiger partial charge in [0.15, 0.2) is 6.54 Å². The van der Waals surface area contributed by atoms with Crippen molar-refractivity contribution in [3.63, 3.8) is 0 Å². The summed E-state index contributed by atoms with van der Waals surface area (Å²) in [6.45, 7) is 4.10. The fourth-order valence-corrected chi connectivity index (χ4v) is 3.01. The number of halogens is 1. The number of amides is 3. The molecular weight excluding hydrogens is 367 g/mol. The van der Waals surface area contributed by atoms with Crippen LogP contribution in [-0.4, -0.2) is 50.7 Å². The zero-order chi connectivity index (χ0) is 20.7. The monoisotopic (exact) mass is 393 g/mol. The summed E-state index contributed by atoms with van der Waals surface area (Å²) >= 11 is 0. The molecule has 0 aromatic heterocycles. The van der Waals surface area contributed by atoms with E-state index >= 15 is 0 Å². The average Bonchev–Trinajstić information content (AvgIpc) is 2.60. The Kier molecular flexibility index (Phi) is 7.51. The third-order valence-electron chi connectivity index (χ3n) is 4.20. The largest absolute Gasteiger partial charge is 0.463 e. The molecule has 2 rings (SSSR count). The van der Waals surface area contributed by atoms with Gasteiger partial charge in [-0.3, -0.25) is 4.79 Å². The summed E-state index contributed by atoms with van der Waals surface area (Å²) in [5.41, 5.74) is 1.17. The number of ether oxygens (including phenoxy) is 1. The molecule has 1 unspecified atom stereocenters. The van der Waals surface area contributed by atoms with Gasteiger partial charge in [0.2, 0.25) is 0 Å². The smallest absolute Gasteiger partial charge is 0.338 e. The van der Waals surface area contributed by atoms with Gasteiger partial charge in [-0.05, 0) is 31.5 Å². The zero-order valence-corrected chi connectivity index (χ0v) is 16.2. The number of carbonyl (C=O) groups excluding carboxylic acids is 3. The van der Waals surface area contributed by atoms with E-state index in [1.807, 2.05) is 6.92 Å². The first kappa shape index (κ1) is 21.4. The first-order valence-electron chi connectivity index (χ1n) is 9.18. The number of urea groups is 1. The van der Waals surface area contributed by atoms with Gasteiger partial charge in [-0.15, -0.1) is 0 Å². The maximum Gasteiger partial charge on any atom is 0.338 e. The summed E-state index contributed by atoms with van der Waals surface area (Å²) in [7, 11) is 1.76. The molecule has 2 atom stereocenters. The van der Waals surface area contributed by atoms with Gasteiger partial charge in [-0.25, -0.2) is 14.0 Å². The summed E-state index contributed by atoms with van der Waals surface area (Å²) < 4.78 is 18.3. The topological polar surface area (TPSA) is 101 Å². The Labute approximate surface area is 163 Å². The second-order valence-corrected chi connectivity index (χ2v) is 6.54. The summed E-state index contributed by atoms with van der Waals surface area (Å²) in [4.78, 5) is 37.2. The summed E-state index contributed by atoms with van der Waals surface area (Å²) in [6, 6.07) is 4.78. The van der Waals surface area contributed by atoms with Crippen LogP contribution < -0.4 is 20.9 Å². The lowest BCUT2D eigenvalue weighted by Crippen LogP contribution is -3.10. The molecule has 1 aromatic rings. The number of esters is 1. The predicted molar refractivity (Wildman–Crippen MR) is 101 cm³/mol.